The van der Waals surface area contributed by atoms with Crippen LogP contribution >= 0.6 is 0 Å². The maximum atomic E-state index is 13.1. The van der Waals surface area contributed by atoms with Crippen LogP contribution in [-0.4, -0.2) is 25.7 Å². The van der Waals surface area contributed by atoms with Gasteiger partial charge in [-0.1, -0.05) is 37.6 Å². The molecule has 0 aliphatic rings. The zero-order valence-electron chi connectivity index (χ0n) is 17.7. The van der Waals surface area contributed by atoms with Crippen LogP contribution in [0.2, 0.25) is 0 Å². The molecule has 32 heavy (non-hydrogen) atoms. The van der Waals surface area contributed by atoms with Gasteiger partial charge in [-0.2, -0.15) is 0 Å². The highest BCUT2D eigenvalue weighted by Crippen LogP contribution is 2.24. The number of pyridine rings is 2. The first-order valence-corrected chi connectivity index (χ1v) is 10.4. The Morgan fingerprint density at radius 3 is 2.53 bits per heavy atom. The Balaban J connectivity index is 1.63. The fourth-order valence-electron chi connectivity index (χ4n) is 3.56. The molecule has 0 unspecified atom stereocenters. The summed E-state index contributed by atoms with van der Waals surface area (Å²) in [7, 11) is 0. The maximum absolute atomic E-state index is 13.1. The van der Waals surface area contributed by atoms with Crippen molar-refractivity contribution >= 4 is 11.6 Å². The van der Waals surface area contributed by atoms with Crippen LogP contribution in [0.15, 0.2) is 72.0 Å². The molecule has 0 radical (unpaired) electrons. The fourth-order valence-corrected chi connectivity index (χ4v) is 3.56. The van der Waals surface area contributed by atoms with E-state index in [0.29, 0.717) is 11.3 Å². The van der Waals surface area contributed by atoms with Crippen LogP contribution in [0.5, 0.6) is 0 Å². The molecule has 0 fully saturated rings. The minimum absolute atomic E-state index is 0.0556. The van der Waals surface area contributed by atoms with E-state index in [9.17, 15) is 9.59 Å². The number of nitrogens with zero attached hydrogens (tertiary/aromatic N) is 3. The molecule has 0 atom stereocenters. The monoisotopic (exact) mass is 425 g/mol. The van der Waals surface area contributed by atoms with Crippen molar-refractivity contribution in [2.24, 2.45) is 0 Å². The van der Waals surface area contributed by atoms with E-state index in [1.807, 2.05) is 12.1 Å². The summed E-state index contributed by atoms with van der Waals surface area (Å²) in [5, 5.41) is 0. The zero-order chi connectivity index (χ0) is 22.5. The van der Waals surface area contributed by atoms with Crippen molar-refractivity contribution in [3.8, 4) is 22.4 Å². The molecule has 3 aromatic heterocycles. The maximum Gasteiger partial charge on any atom is 0.247 e. The molecule has 4 aromatic rings. The van der Waals surface area contributed by atoms with Gasteiger partial charge in [0.15, 0.2) is 11.6 Å². The summed E-state index contributed by atoms with van der Waals surface area (Å²) in [5.41, 5.74) is 11.0. The second-order valence-electron chi connectivity index (χ2n) is 7.51. The zero-order valence-corrected chi connectivity index (χ0v) is 17.7. The smallest absolute Gasteiger partial charge is 0.247 e. The van der Waals surface area contributed by atoms with E-state index >= 15 is 0 Å². The summed E-state index contributed by atoms with van der Waals surface area (Å²) in [6.07, 6.45) is 8.62. The lowest BCUT2D eigenvalue weighted by molar-refractivity contribution is 0.0989. The first-order chi connectivity index (χ1) is 15.5. The Labute approximate surface area is 185 Å². The average Bonchev–Trinajstić information content (AvgIpc) is 2.81. The number of benzene rings is 1. The van der Waals surface area contributed by atoms with Crippen molar-refractivity contribution in [2.45, 2.75) is 26.2 Å². The van der Waals surface area contributed by atoms with Gasteiger partial charge in [0, 0.05) is 36.6 Å². The Morgan fingerprint density at radius 1 is 1.03 bits per heavy atom. The van der Waals surface area contributed by atoms with E-state index in [1.165, 1.54) is 11.6 Å². The largest absolute Gasteiger partial charge is 0.382 e. The molecule has 3 N–H and O–H groups in total. The van der Waals surface area contributed by atoms with E-state index in [0.717, 1.165) is 29.5 Å². The molecule has 0 saturated carbocycles. The Hall–Kier alpha value is -4.13. The number of rotatable bonds is 7. The number of anilines is 1. The van der Waals surface area contributed by atoms with Crippen molar-refractivity contribution in [3.05, 3.63) is 94.4 Å². The minimum Gasteiger partial charge on any atom is -0.382 e. The number of Topliss-reactive ketones (excluding diaryl/α,β-unsaturated/α-hetero) is 1. The van der Waals surface area contributed by atoms with Gasteiger partial charge in [0.05, 0.1) is 11.9 Å². The first kappa shape index (κ1) is 21.1. The Bertz CT molecular complexity index is 1290. The highest BCUT2D eigenvalue weighted by molar-refractivity contribution is 6.00. The van der Waals surface area contributed by atoms with Crippen molar-refractivity contribution in [3.63, 3.8) is 0 Å². The van der Waals surface area contributed by atoms with Gasteiger partial charge in [0.25, 0.3) is 0 Å². The van der Waals surface area contributed by atoms with Gasteiger partial charge in [-0.3, -0.25) is 14.6 Å². The van der Waals surface area contributed by atoms with E-state index in [2.05, 4.69) is 39.0 Å². The second kappa shape index (κ2) is 9.34. The molecule has 0 bridgehead atoms. The predicted molar refractivity (Wildman–Crippen MR) is 124 cm³/mol. The van der Waals surface area contributed by atoms with E-state index in [4.69, 9.17) is 5.73 Å². The fraction of sp³-hybridized carbons (Fsp3) is 0.160. The Morgan fingerprint density at radius 2 is 1.81 bits per heavy atom. The molecule has 1 aromatic carbocycles. The molecule has 0 amide bonds. The van der Waals surface area contributed by atoms with Crippen LogP contribution < -0.4 is 11.3 Å². The van der Waals surface area contributed by atoms with Crippen molar-refractivity contribution < 1.29 is 4.79 Å². The van der Waals surface area contributed by atoms with Gasteiger partial charge in [0.2, 0.25) is 5.56 Å². The number of ketones is 1. The summed E-state index contributed by atoms with van der Waals surface area (Å²) < 4.78 is 0. The molecule has 3 heterocycles. The number of nitrogen functional groups attached to an aromatic ring is 1. The normalized spacial score (nSPS) is 10.8. The second-order valence-corrected chi connectivity index (χ2v) is 7.51. The number of aromatic nitrogens is 4. The average molecular weight is 425 g/mol. The van der Waals surface area contributed by atoms with Gasteiger partial charge in [-0.15, -0.1) is 0 Å². The predicted octanol–water partition coefficient (Wildman–Crippen LogP) is 3.85. The van der Waals surface area contributed by atoms with Crippen LogP contribution in [-0.2, 0) is 12.8 Å². The third-order valence-electron chi connectivity index (χ3n) is 5.20. The topological polar surface area (TPSA) is 115 Å². The molecule has 160 valence electrons. The summed E-state index contributed by atoms with van der Waals surface area (Å²) >= 11 is 0. The van der Waals surface area contributed by atoms with Crippen LogP contribution in [0.3, 0.4) is 0 Å². The molecule has 0 saturated heterocycles. The third kappa shape index (κ3) is 4.62. The van der Waals surface area contributed by atoms with Gasteiger partial charge in [-0.05, 0) is 40.8 Å². The van der Waals surface area contributed by atoms with Crippen LogP contribution in [0.25, 0.3) is 22.4 Å². The number of aromatic amines is 1. The molecule has 0 aliphatic heterocycles. The third-order valence-corrected chi connectivity index (χ3v) is 5.20. The Kier molecular flexibility index (Phi) is 6.17. The number of nitrogens with two attached hydrogens (primary N) is 1. The van der Waals surface area contributed by atoms with Crippen molar-refractivity contribution in [2.75, 3.05) is 5.73 Å². The lowest BCUT2D eigenvalue weighted by atomic mass is 9.98. The molecule has 0 aliphatic carbocycles. The molecular weight excluding hydrogens is 402 g/mol. The highest BCUT2D eigenvalue weighted by Gasteiger charge is 2.18. The van der Waals surface area contributed by atoms with Crippen molar-refractivity contribution in [1.82, 2.24) is 19.9 Å². The summed E-state index contributed by atoms with van der Waals surface area (Å²) in [5.74, 6) is -0.158. The molecular formula is C25H23N5O2. The standard InChI is InChI=1S/C25H23N5O2/c1-2-3-16-4-6-17(7-5-16)21-15-29-25(26)24(30-21)22(31)12-19-13-27-11-10-20(19)18-8-9-23(32)28-14-18/h4-11,13-15H,2-3,12H2,1H3,(H2,26,29)(H,28,32). The number of H-pyrrole nitrogens is 1. The van der Waals surface area contributed by atoms with Crippen LogP contribution in [0, 0.1) is 0 Å². The van der Waals surface area contributed by atoms with Gasteiger partial charge in [-0.25, -0.2) is 9.97 Å². The van der Waals surface area contributed by atoms with Gasteiger partial charge in [0.1, 0.15) is 5.69 Å². The lowest BCUT2D eigenvalue weighted by Crippen LogP contribution is -2.12. The summed E-state index contributed by atoms with van der Waals surface area (Å²) in [4.78, 5) is 40.1. The minimum atomic E-state index is -0.252. The number of carbonyl (C=O) groups excluding carboxylic acids is 1. The molecule has 7 heteroatoms. The quantitative estimate of drug-likeness (QED) is 0.435. The lowest BCUT2D eigenvalue weighted by Gasteiger charge is -2.10. The molecule has 4 rings (SSSR count). The van der Waals surface area contributed by atoms with E-state index < -0.39 is 0 Å². The van der Waals surface area contributed by atoms with Gasteiger partial charge < -0.3 is 10.7 Å². The van der Waals surface area contributed by atoms with Gasteiger partial charge >= 0.3 is 0 Å². The number of hydrogen-bond donors (Lipinski definition) is 2. The number of aryl methyl sites for hydroxylation is 1. The van der Waals surface area contributed by atoms with Crippen LogP contribution in [0.4, 0.5) is 5.82 Å². The van der Waals surface area contributed by atoms with E-state index in [-0.39, 0.29) is 29.3 Å². The first-order valence-electron chi connectivity index (χ1n) is 10.4. The SMILES string of the molecule is CCCc1ccc(-c2cnc(N)c(C(=O)Cc3cnccc3-c3ccc(=O)[nH]c3)n2)cc1. The van der Waals surface area contributed by atoms with Crippen LogP contribution in [0.1, 0.15) is 35.0 Å². The number of carbonyl (C=O) groups is 1. The number of nitrogens with one attached hydrogen (secondary N) is 1. The number of hydrogen-bond acceptors (Lipinski definition) is 6. The van der Waals surface area contributed by atoms with Crippen molar-refractivity contribution in [1.29, 1.82) is 0 Å². The molecule has 0 spiro atoms. The van der Waals surface area contributed by atoms with E-state index in [1.54, 1.807) is 36.9 Å². The summed E-state index contributed by atoms with van der Waals surface area (Å²) in [6.45, 7) is 2.14. The summed E-state index contributed by atoms with van der Waals surface area (Å²) in [6, 6.07) is 13.0. The highest BCUT2D eigenvalue weighted by atomic mass is 16.1. The molecule has 7 nitrogen and oxygen atoms in total.